The second kappa shape index (κ2) is 8.41. The summed E-state index contributed by atoms with van der Waals surface area (Å²) in [5, 5.41) is 0. The molecule has 0 unspecified atom stereocenters. The highest BCUT2D eigenvalue weighted by Crippen LogP contribution is 2.18. The summed E-state index contributed by atoms with van der Waals surface area (Å²) in [6.45, 7) is 5.36. The number of carbonyl (C=O) groups excluding carboxylic acids is 1. The van der Waals surface area contributed by atoms with Crippen molar-refractivity contribution >= 4 is 15.9 Å². The highest BCUT2D eigenvalue weighted by molar-refractivity contribution is 7.88. The molecule has 0 bridgehead atoms. The molecule has 0 saturated carbocycles. The van der Waals surface area contributed by atoms with E-state index < -0.39 is 15.8 Å². The van der Waals surface area contributed by atoms with Gasteiger partial charge in [0, 0.05) is 31.7 Å². The Balaban J connectivity index is 1.61. The van der Waals surface area contributed by atoms with Gasteiger partial charge in [0.25, 0.3) is 5.91 Å². The second-order valence-corrected chi connectivity index (χ2v) is 9.32. The van der Waals surface area contributed by atoms with E-state index in [9.17, 15) is 17.6 Å². The maximum Gasteiger partial charge on any atom is 0.253 e. The van der Waals surface area contributed by atoms with E-state index in [2.05, 4.69) is 13.8 Å². The molecule has 0 aliphatic carbocycles. The summed E-state index contributed by atoms with van der Waals surface area (Å²) >= 11 is 0. The van der Waals surface area contributed by atoms with Crippen molar-refractivity contribution in [2.75, 3.05) is 26.2 Å². The number of hydrogen-bond acceptors (Lipinski definition) is 3. The molecule has 0 radical (unpaired) electrons. The summed E-state index contributed by atoms with van der Waals surface area (Å²) in [4.78, 5) is 14.4. The number of piperazine rings is 1. The van der Waals surface area contributed by atoms with E-state index >= 15 is 0 Å². The number of nitrogens with zero attached hydrogens (tertiary/aromatic N) is 2. The molecule has 1 heterocycles. The fourth-order valence-corrected chi connectivity index (χ4v) is 4.79. The fraction of sp³-hybridized carbons (Fsp3) is 0.381. The summed E-state index contributed by atoms with van der Waals surface area (Å²) in [5.74, 6) is -0.380. The van der Waals surface area contributed by atoms with Gasteiger partial charge in [-0.3, -0.25) is 4.79 Å². The van der Waals surface area contributed by atoms with Crippen LogP contribution in [-0.4, -0.2) is 49.7 Å². The van der Waals surface area contributed by atoms with Crippen LogP contribution in [0.1, 0.15) is 41.3 Å². The first-order valence-corrected chi connectivity index (χ1v) is 11.0. The maximum atomic E-state index is 13.3. The van der Waals surface area contributed by atoms with Crippen LogP contribution in [0, 0.1) is 5.82 Å². The van der Waals surface area contributed by atoms with E-state index in [0.717, 1.165) is 0 Å². The predicted molar refractivity (Wildman–Crippen MR) is 107 cm³/mol. The molecule has 1 aliphatic heterocycles. The van der Waals surface area contributed by atoms with E-state index in [0.29, 0.717) is 30.1 Å². The third-order valence-corrected chi connectivity index (χ3v) is 6.83. The quantitative estimate of drug-likeness (QED) is 0.769. The van der Waals surface area contributed by atoms with Crippen molar-refractivity contribution in [2.45, 2.75) is 25.5 Å². The van der Waals surface area contributed by atoms with Gasteiger partial charge in [-0.15, -0.1) is 0 Å². The number of amides is 1. The average molecular weight is 405 g/mol. The first-order valence-electron chi connectivity index (χ1n) is 9.38. The van der Waals surface area contributed by atoms with Crippen LogP contribution in [0.2, 0.25) is 0 Å². The highest BCUT2D eigenvalue weighted by Gasteiger charge is 2.29. The number of carbonyl (C=O) groups is 1. The molecular weight excluding hydrogens is 379 g/mol. The molecule has 1 saturated heterocycles. The number of rotatable bonds is 5. The zero-order valence-corrected chi connectivity index (χ0v) is 17.0. The summed E-state index contributed by atoms with van der Waals surface area (Å²) < 4.78 is 39.9. The summed E-state index contributed by atoms with van der Waals surface area (Å²) in [7, 11) is -3.55. The number of sulfonamides is 1. The molecule has 0 atom stereocenters. The summed E-state index contributed by atoms with van der Waals surface area (Å²) in [6, 6.07) is 13.2. The molecule has 2 aromatic carbocycles. The smallest absolute Gasteiger partial charge is 0.253 e. The third kappa shape index (κ3) is 4.77. The van der Waals surface area contributed by atoms with Crippen molar-refractivity contribution in [3.05, 3.63) is 71.0 Å². The number of halogens is 1. The highest BCUT2D eigenvalue weighted by atomic mass is 32.2. The van der Waals surface area contributed by atoms with E-state index in [-0.39, 0.29) is 24.7 Å². The van der Waals surface area contributed by atoms with Crippen molar-refractivity contribution in [3.63, 3.8) is 0 Å². The lowest BCUT2D eigenvalue weighted by atomic mass is 10.0. The van der Waals surface area contributed by atoms with Crippen molar-refractivity contribution < 1.29 is 17.6 Å². The van der Waals surface area contributed by atoms with Gasteiger partial charge in [-0.25, -0.2) is 12.8 Å². The Kier molecular flexibility index (Phi) is 6.15. The van der Waals surface area contributed by atoms with Gasteiger partial charge in [0.15, 0.2) is 0 Å². The van der Waals surface area contributed by atoms with Crippen LogP contribution in [0.3, 0.4) is 0 Å². The van der Waals surface area contributed by atoms with Crippen molar-refractivity contribution in [3.8, 4) is 0 Å². The zero-order valence-electron chi connectivity index (χ0n) is 16.1. The Bertz CT molecular complexity index is 934. The number of hydrogen-bond donors (Lipinski definition) is 0. The van der Waals surface area contributed by atoms with Gasteiger partial charge in [-0.05, 0) is 41.3 Å². The molecule has 2 aromatic rings. The van der Waals surface area contributed by atoms with Crippen LogP contribution in [0.25, 0.3) is 0 Å². The predicted octanol–water partition coefficient (Wildman–Crippen LogP) is 3.24. The second-order valence-electron chi connectivity index (χ2n) is 7.35. The van der Waals surface area contributed by atoms with Crippen LogP contribution in [0.5, 0.6) is 0 Å². The normalized spacial score (nSPS) is 15.8. The fourth-order valence-electron chi connectivity index (χ4n) is 3.29. The van der Waals surface area contributed by atoms with Gasteiger partial charge in [0.05, 0.1) is 5.75 Å². The SMILES string of the molecule is CC(C)c1ccc(C(=O)N2CCN(S(=O)(=O)Cc3cccc(F)c3)CC2)cc1. The molecule has 1 amide bonds. The lowest BCUT2D eigenvalue weighted by Crippen LogP contribution is -2.50. The van der Waals surface area contributed by atoms with Crippen LogP contribution < -0.4 is 0 Å². The molecular formula is C21H25FN2O3S. The Labute approximate surface area is 165 Å². The van der Waals surface area contributed by atoms with E-state index in [4.69, 9.17) is 0 Å². The summed E-state index contributed by atoms with van der Waals surface area (Å²) in [5.41, 5.74) is 2.20. The Morgan fingerprint density at radius 3 is 2.25 bits per heavy atom. The molecule has 150 valence electrons. The minimum absolute atomic E-state index is 0.0857. The van der Waals surface area contributed by atoms with Crippen LogP contribution in [0.4, 0.5) is 4.39 Å². The molecule has 0 aromatic heterocycles. The maximum absolute atomic E-state index is 13.3. The first kappa shape index (κ1) is 20.5. The summed E-state index contributed by atoms with van der Waals surface area (Å²) in [6.07, 6.45) is 0. The molecule has 0 N–H and O–H groups in total. The standard InChI is InChI=1S/C21H25FN2O3S/c1-16(2)18-6-8-19(9-7-18)21(25)23-10-12-24(13-11-23)28(26,27)15-17-4-3-5-20(22)14-17/h3-9,14,16H,10-13,15H2,1-2H3. The van der Waals surface area contributed by atoms with Gasteiger partial charge < -0.3 is 4.90 Å². The van der Waals surface area contributed by atoms with Gasteiger partial charge in [0.1, 0.15) is 5.82 Å². The first-order chi connectivity index (χ1) is 13.3. The van der Waals surface area contributed by atoms with E-state index in [1.807, 2.05) is 24.3 Å². The minimum Gasteiger partial charge on any atom is -0.336 e. The monoisotopic (exact) mass is 404 g/mol. The van der Waals surface area contributed by atoms with Gasteiger partial charge in [-0.1, -0.05) is 38.1 Å². The molecule has 28 heavy (non-hydrogen) atoms. The topological polar surface area (TPSA) is 57.7 Å². The van der Waals surface area contributed by atoms with Gasteiger partial charge in [-0.2, -0.15) is 4.31 Å². The van der Waals surface area contributed by atoms with E-state index in [1.54, 1.807) is 11.0 Å². The van der Waals surface area contributed by atoms with Crippen molar-refractivity contribution in [1.29, 1.82) is 0 Å². The molecule has 5 nitrogen and oxygen atoms in total. The average Bonchev–Trinajstić information content (AvgIpc) is 2.67. The van der Waals surface area contributed by atoms with Crippen LogP contribution >= 0.6 is 0 Å². The minimum atomic E-state index is -3.55. The zero-order chi connectivity index (χ0) is 20.3. The lowest BCUT2D eigenvalue weighted by Gasteiger charge is -2.34. The molecule has 3 rings (SSSR count). The Morgan fingerprint density at radius 1 is 1.04 bits per heavy atom. The van der Waals surface area contributed by atoms with Crippen molar-refractivity contribution in [1.82, 2.24) is 9.21 Å². The van der Waals surface area contributed by atoms with Gasteiger partial charge in [0.2, 0.25) is 10.0 Å². The third-order valence-electron chi connectivity index (χ3n) is 4.98. The molecule has 1 aliphatic rings. The largest absolute Gasteiger partial charge is 0.336 e. The van der Waals surface area contributed by atoms with E-state index in [1.165, 1.54) is 28.1 Å². The molecule has 1 fully saturated rings. The Hall–Kier alpha value is -2.25. The Morgan fingerprint density at radius 2 is 1.68 bits per heavy atom. The van der Waals surface area contributed by atoms with Crippen LogP contribution in [-0.2, 0) is 15.8 Å². The number of benzene rings is 2. The van der Waals surface area contributed by atoms with Crippen LogP contribution in [0.15, 0.2) is 48.5 Å². The van der Waals surface area contributed by atoms with Gasteiger partial charge >= 0.3 is 0 Å². The molecule has 0 spiro atoms. The molecule has 7 heteroatoms. The van der Waals surface area contributed by atoms with Crippen molar-refractivity contribution in [2.24, 2.45) is 0 Å². The lowest BCUT2D eigenvalue weighted by molar-refractivity contribution is 0.0697.